The van der Waals surface area contributed by atoms with Gasteiger partial charge >= 0.3 is 18.8 Å². The largest absolute Gasteiger partial charge is 0.447 e. The van der Waals surface area contributed by atoms with Crippen LogP contribution in [-0.2, 0) is 24.9 Å². The Bertz CT molecular complexity index is 2300. The van der Waals surface area contributed by atoms with Gasteiger partial charge in [-0.1, -0.05) is 48.9 Å². The number of alkyl halides is 7. The second-order valence-electron chi connectivity index (χ2n) is 13.8. The summed E-state index contributed by atoms with van der Waals surface area (Å²) in [6.07, 6.45) is -6.29. The van der Waals surface area contributed by atoms with E-state index in [1.807, 2.05) is 5.32 Å². The van der Waals surface area contributed by atoms with Crippen molar-refractivity contribution in [2.45, 2.75) is 62.5 Å². The summed E-state index contributed by atoms with van der Waals surface area (Å²) in [5, 5.41) is 9.16. The van der Waals surface area contributed by atoms with Crippen LogP contribution in [0.1, 0.15) is 62.2 Å². The van der Waals surface area contributed by atoms with Crippen molar-refractivity contribution < 1.29 is 53.5 Å². The lowest BCUT2D eigenvalue weighted by molar-refractivity contribution is -0.164. The molecule has 6 rings (SSSR count). The molecule has 3 heterocycles. The van der Waals surface area contributed by atoms with Crippen molar-refractivity contribution >= 4 is 39.4 Å². The minimum absolute atomic E-state index is 0.0211. The van der Waals surface area contributed by atoms with Crippen LogP contribution < -0.4 is 11.1 Å². The first-order chi connectivity index (χ1) is 26.6. The van der Waals surface area contributed by atoms with Crippen molar-refractivity contribution in [3.8, 4) is 16.8 Å². The Kier molecular flexibility index (Phi) is 11.1. The van der Waals surface area contributed by atoms with Gasteiger partial charge in [0, 0.05) is 18.0 Å². The molecule has 1 aliphatic heterocycles. The van der Waals surface area contributed by atoms with E-state index in [0.29, 0.717) is 15.8 Å². The van der Waals surface area contributed by atoms with Gasteiger partial charge in [0.05, 0.1) is 28.7 Å². The fourth-order valence-corrected chi connectivity index (χ4v) is 8.10. The topological polar surface area (TPSA) is 180 Å². The number of rotatable bonds is 14. The molecule has 0 bridgehead atoms. The predicted molar refractivity (Wildman–Crippen MR) is 189 cm³/mol. The number of hydrogen-bond donors (Lipinski definition) is 2. The highest BCUT2D eigenvalue weighted by atomic mass is 35.5. The first-order valence-corrected chi connectivity index (χ1v) is 19.4. The Hall–Kier alpha value is -5.25. The minimum Gasteiger partial charge on any atom is -0.447 e. The van der Waals surface area contributed by atoms with Crippen molar-refractivity contribution in [3.05, 3.63) is 83.2 Å². The molecular formula is C34H33ClF7N9O5S. The number of carbonyl (C=O) groups is 2. The molecule has 57 heavy (non-hydrogen) atoms. The molecule has 1 fully saturated rings. The Labute approximate surface area is 324 Å². The predicted octanol–water partition coefficient (Wildman–Crippen LogP) is 6.10. The number of nitrogens with one attached hydrogen (secondary N) is 1. The Morgan fingerprint density at radius 1 is 1.07 bits per heavy atom. The van der Waals surface area contributed by atoms with Crippen LogP contribution in [0.25, 0.3) is 16.8 Å². The van der Waals surface area contributed by atoms with Crippen LogP contribution in [0.3, 0.4) is 0 Å². The SMILES string of the molecule is CC(C[C@]1(c2ccc(-c3cnn(C(F)F)c3)cc2)N=C(N)N([C@H](COC(=O)NC2(C(F)(F)F)CC2)c2ccc(Cl)c(-n3ncnc3C(F)F)c2)C1=O)CS(C)(=O)=O. The molecule has 3 atom stereocenters. The van der Waals surface area contributed by atoms with Gasteiger partial charge in [0.1, 0.15) is 28.3 Å². The molecule has 1 unspecified atom stereocenters. The van der Waals surface area contributed by atoms with E-state index in [-0.39, 0.29) is 34.0 Å². The van der Waals surface area contributed by atoms with Crippen molar-refractivity contribution in [1.82, 2.24) is 34.8 Å². The zero-order valence-electron chi connectivity index (χ0n) is 29.8. The van der Waals surface area contributed by atoms with Gasteiger partial charge in [-0.15, -0.1) is 0 Å². The summed E-state index contributed by atoms with van der Waals surface area (Å²) in [6.45, 7) is -2.20. The quantitative estimate of drug-likeness (QED) is 0.142. The third kappa shape index (κ3) is 8.41. The van der Waals surface area contributed by atoms with Crippen LogP contribution in [0, 0.1) is 5.92 Å². The number of amides is 2. The second kappa shape index (κ2) is 15.3. The summed E-state index contributed by atoms with van der Waals surface area (Å²) in [5.41, 5.74) is 2.77. The Morgan fingerprint density at radius 3 is 2.33 bits per heavy atom. The maximum absolute atomic E-state index is 15.0. The minimum atomic E-state index is -4.79. The molecule has 4 aromatic rings. The highest BCUT2D eigenvalue weighted by Crippen LogP contribution is 2.49. The Balaban J connectivity index is 1.42. The van der Waals surface area contributed by atoms with Gasteiger partial charge in [-0.25, -0.2) is 41.3 Å². The number of halogens is 8. The van der Waals surface area contributed by atoms with E-state index in [1.54, 1.807) is 6.92 Å². The summed E-state index contributed by atoms with van der Waals surface area (Å²) < 4.78 is 126. The first-order valence-electron chi connectivity index (χ1n) is 16.9. The van der Waals surface area contributed by atoms with Crippen molar-refractivity contribution in [2.24, 2.45) is 16.6 Å². The van der Waals surface area contributed by atoms with Gasteiger partial charge < -0.3 is 15.8 Å². The second-order valence-corrected chi connectivity index (χ2v) is 16.4. The average molecular weight is 848 g/mol. The fraction of sp³-hybridized carbons (Fsp3) is 0.412. The number of nitrogens with zero attached hydrogens (tertiary/aromatic N) is 7. The molecule has 14 nitrogen and oxygen atoms in total. The molecular weight excluding hydrogens is 815 g/mol. The molecule has 3 N–H and O–H groups in total. The number of ether oxygens (including phenoxy) is 1. The summed E-state index contributed by atoms with van der Waals surface area (Å²) in [6, 6.07) is 8.21. The van der Waals surface area contributed by atoms with E-state index in [1.165, 1.54) is 48.7 Å². The number of sulfone groups is 1. The molecule has 1 aliphatic carbocycles. The summed E-state index contributed by atoms with van der Waals surface area (Å²) >= 11 is 6.39. The van der Waals surface area contributed by atoms with Gasteiger partial charge in [0.15, 0.2) is 17.3 Å². The molecule has 2 aromatic carbocycles. The van der Waals surface area contributed by atoms with E-state index >= 15 is 0 Å². The van der Waals surface area contributed by atoms with Crippen LogP contribution in [-0.4, -0.2) is 86.2 Å². The van der Waals surface area contributed by atoms with Gasteiger partial charge in [-0.2, -0.15) is 32.1 Å². The highest BCUT2D eigenvalue weighted by Gasteiger charge is 2.64. The van der Waals surface area contributed by atoms with Crippen LogP contribution in [0.2, 0.25) is 5.02 Å². The van der Waals surface area contributed by atoms with Crippen LogP contribution in [0.15, 0.2) is 66.2 Å². The van der Waals surface area contributed by atoms with E-state index in [9.17, 15) is 48.7 Å². The third-order valence-electron chi connectivity index (χ3n) is 9.52. The average Bonchev–Trinajstić information content (AvgIpc) is 3.43. The molecule has 1 saturated carbocycles. The number of benzene rings is 2. The number of carbonyl (C=O) groups excluding carboxylic acids is 2. The normalized spacial score (nSPS) is 19.2. The van der Waals surface area contributed by atoms with Crippen LogP contribution in [0.4, 0.5) is 35.5 Å². The number of aliphatic imine (C=N–C) groups is 1. The highest BCUT2D eigenvalue weighted by molar-refractivity contribution is 7.90. The van der Waals surface area contributed by atoms with Gasteiger partial charge in [0.25, 0.3) is 12.3 Å². The molecule has 2 amide bonds. The molecule has 0 saturated heterocycles. The van der Waals surface area contributed by atoms with Gasteiger partial charge in [-0.3, -0.25) is 9.69 Å². The number of hydrogen-bond acceptors (Lipinski definition) is 10. The lowest BCUT2D eigenvalue weighted by Crippen LogP contribution is -2.49. The summed E-state index contributed by atoms with van der Waals surface area (Å²) in [4.78, 5) is 36.8. The monoisotopic (exact) mass is 847 g/mol. The smallest absolute Gasteiger partial charge is 0.411 e. The van der Waals surface area contributed by atoms with E-state index in [4.69, 9.17) is 22.1 Å². The van der Waals surface area contributed by atoms with E-state index in [0.717, 1.165) is 28.4 Å². The fourth-order valence-electron chi connectivity index (χ4n) is 6.75. The van der Waals surface area contributed by atoms with E-state index in [2.05, 4.69) is 20.2 Å². The van der Waals surface area contributed by atoms with Gasteiger partial charge in [-0.05, 0) is 54.0 Å². The maximum Gasteiger partial charge on any atom is 0.411 e. The number of nitrogens with two attached hydrogens (primary N) is 1. The molecule has 0 radical (unpaired) electrons. The molecule has 306 valence electrons. The number of guanidine groups is 1. The van der Waals surface area contributed by atoms with Crippen molar-refractivity contribution in [3.63, 3.8) is 0 Å². The summed E-state index contributed by atoms with van der Waals surface area (Å²) in [7, 11) is -3.60. The van der Waals surface area contributed by atoms with E-state index < -0.39 is 95.3 Å². The van der Waals surface area contributed by atoms with Gasteiger partial charge in [0.2, 0.25) is 0 Å². The standard InChI is InChI=1S/C34H33ClF7N9O5S/c1-18(16-57(2,54)55)12-33(22-6-3-19(4-7-22)21-13-45-49(14-21)29(38)39)28(52)50(30(43)47-33)25(15-56-31(53)48-32(9-10-32)34(40,41)42)20-5-8-23(35)24(11-20)51-27(26(36)37)44-17-46-51/h3-8,11,13-14,17-18,25-26,29H,9-10,12,15-16H2,1-2H3,(H2,43,47)(H,48,53)/t18?,25-,33-/m1/s1. The molecule has 2 aliphatic rings. The zero-order chi connectivity index (χ0) is 41.7. The van der Waals surface area contributed by atoms with Crippen LogP contribution >= 0.6 is 11.6 Å². The van der Waals surface area contributed by atoms with Crippen molar-refractivity contribution in [2.75, 3.05) is 18.6 Å². The Morgan fingerprint density at radius 2 is 1.75 bits per heavy atom. The first kappa shape index (κ1) is 41.4. The zero-order valence-corrected chi connectivity index (χ0v) is 31.4. The summed E-state index contributed by atoms with van der Waals surface area (Å²) in [5.74, 6) is -3.30. The van der Waals surface area contributed by atoms with Crippen molar-refractivity contribution in [1.29, 1.82) is 0 Å². The lowest BCUT2D eigenvalue weighted by Gasteiger charge is -2.33. The number of aromatic nitrogens is 5. The molecule has 23 heteroatoms. The van der Waals surface area contributed by atoms with Crippen LogP contribution in [0.5, 0.6) is 0 Å². The molecule has 2 aromatic heterocycles. The lowest BCUT2D eigenvalue weighted by atomic mass is 9.81. The number of alkyl carbamates (subject to hydrolysis) is 1. The molecule has 0 spiro atoms. The third-order valence-corrected chi connectivity index (χ3v) is 11.0. The maximum atomic E-state index is 15.0.